The van der Waals surface area contributed by atoms with Gasteiger partial charge in [-0.15, -0.1) is 0 Å². The van der Waals surface area contributed by atoms with Crippen molar-refractivity contribution in [2.24, 2.45) is 0 Å². The van der Waals surface area contributed by atoms with Crippen molar-refractivity contribution in [3.63, 3.8) is 0 Å². The topological polar surface area (TPSA) is 83.5 Å². The molecule has 0 saturated carbocycles. The summed E-state index contributed by atoms with van der Waals surface area (Å²) < 4.78 is 33.0. The number of amides is 1. The highest BCUT2D eigenvalue weighted by atomic mass is 35.5. The molecule has 0 aromatic carbocycles. The third kappa shape index (κ3) is 5.49. The zero-order valence-corrected chi connectivity index (χ0v) is 14.8. The standard InChI is InChI=1S/C16H22ClF2N3O3/c1-16(2,24)13(19)7-21-15(23)9-6-20-14(17)5-11(9)22-12-8-25-4-3-10(12)18/h5-6,10,12-13,24H,3-4,7-8H2,1-2H3,(H,20,22)(H,21,23)/t10?,12?,13-/m1/s1. The van der Waals surface area contributed by atoms with Gasteiger partial charge in [-0.05, 0) is 19.9 Å². The van der Waals surface area contributed by atoms with E-state index < -0.39 is 29.9 Å². The summed E-state index contributed by atoms with van der Waals surface area (Å²) in [6.45, 7) is 2.75. The zero-order valence-electron chi connectivity index (χ0n) is 14.1. The van der Waals surface area contributed by atoms with Gasteiger partial charge in [0.1, 0.15) is 17.5 Å². The molecular weight excluding hydrogens is 356 g/mol. The number of halogens is 3. The Labute approximate surface area is 149 Å². The van der Waals surface area contributed by atoms with E-state index >= 15 is 0 Å². The second-order valence-corrected chi connectivity index (χ2v) is 6.90. The van der Waals surface area contributed by atoms with Crippen molar-refractivity contribution in [2.75, 3.05) is 25.1 Å². The first-order valence-corrected chi connectivity index (χ1v) is 8.35. The molecular formula is C16H22ClF2N3O3. The van der Waals surface area contributed by atoms with E-state index in [9.17, 15) is 18.7 Å². The Hall–Kier alpha value is -1.51. The molecule has 1 aliphatic rings. The molecule has 0 aliphatic carbocycles. The summed E-state index contributed by atoms with van der Waals surface area (Å²) in [5, 5.41) is 15.0. The normalized spacial score (nSPS) is 22.3. The number of hydrogen-bond donors (Lipinski definition) is 3. The first-order chi connectivity index (χ1) is 11.7. The Balaban J connectivity index is 2.10. The van der Waals surface area contributed by atoms with E-state index in [2.05, 4.69) is 15.6 Å². The summed E-state index contributed by atoms with van der Waals surface area (Å²) in [5.41, 5.74) is -1.19. The number of alkyl halides is 2. The average molecular weight is 378 g/mol. The van der Waals surface area contributed by atoms with Crippen LogP contribution in [0.3, 0.4) is 0 Å². The maximum Gasteiger partial charge on any atom is 0.255 e. The number of aromatic nitrogens is 1. The van der Waals surface area contributed by atoms with Crippen molar-refractivity contribution in [2.45, 2.75) is 44.3 Å². The van der Waals surface area contributed by atoms with E-state index in [4.69, 9.17) is 16.3 Å². The van der Waals surface area contributed by atoms with Gasteiger partial charge in [0.2, 0.25) is 0 Å². The summed E-state index contributed by atoms with van der Waals surface area (Å²) in [4.78, 5) is 16.2. The minimum absolute atomic E-state index is 0.102. The molecule has 0 spiro atoms. The Morgan fingerprint density at radius 1 is 1.60 bits per heavy atom. The molecule has 1 amide bonds. The number of carbonyl (C=O) groups excluding carboxylic acids is 1. The van der Waals surface area contributed by atoms with Crippen LogP contribution in [0.4, 0.5) is 14.5 Å². The summed E-state index contributed by atoms with van der Waals surface area (Å²) in [6, 6.07) is 0.782. The summed E-state index contributed by atoms with van der Waals surface area (Å²) >= 11 is 5.86. The summed E-state index contributed by atoms with van der Waals surface area (Å²) in [5.74, 6) is -0.606. The number of nitrogens with zero attached hydrogens (tertiary/aromatic N) is 1. The molecule has 2 rings (SSSR count). The summed E-state index contributed by atoms with van der Waals surface area (Å²) in [7, 11) is 0. The van der Waals surface area contributed by atoms with Gasteiger partial charge in [0, 0.05) is 19.2 Å². The molecule has 1 saturated heterocycles. The van der Waals surface area contributed by atoms with Crippen molar-refractivity contribution in [3.05, 3.63) is 23.0 Å². The van der Waals surface area contributed by atoms with Gasteiger partial charge in [-0.3, -0.25) is 4.79 Å². The summed E-state index contributed by atoms with van der Waals surface area (Å²) in [6.07, 6.45) is -1.28. The molecule has 25 heavy (non-hydrogen) atoms. The van der Waals surface area contributed by atoms with E-state index in [0.29, 0.717) is 6.61 Å². The van der Waals surface area contributed by atoms with Crippen LogP contribution in [-0.2, 0) is 4.74 Å². The van der Waals surface area contributed by atoms with Gasteiger partial charge >= 0.3 is 0 Å². The van der Waals surface area contributed by atoms with Crippen molar-refractivity contribution in [1.29, 1.82) is 0 Å². The Bertz CT molecular complexity index is 613. The lowest BCUT2D eigenvalue weighted by Crippen LogP contribution is -2.43. The van der Waals surface area contributed by atoms with Crippen LogP contribution in [0, 0.1) is 0 Å². The minimum atomic E-state index is -1.64. The molecule has 1 aliphatic heterocycles. The molecule has 0 bridgehead atoms. The first-order valence-electron chi connectivity index (χ1n) is 7.97. The molecule has 1 fully saturated rings. The van der Waals surface area contributed by atoms with Crippen LogP contribution >= 0.6 is 11.6 Å². The predicted octanol–water partition coefficient (Wildman–Crippen LogP) is 2.11. The lowest BCUT2D eigenvalue weighted by molar-refractivity contribution is -0.00178. The Morgan fingerprint density at radius 3 is 2.96 bits per heavy atom. The lowest BCUT2D eigenvalue weighted by atomic mass is 10.0. The van der Waals surface area contributed by atoms with E-state index in [-0.39, 0.29) is 36.0 Å². The van der Waals surface area contributed by atoms with Crippen LogP contribution in [0.5, 0.6) is 0 Å². The highest BCUT2D eigenvalue weighted by molar-refractivity contribution is 6.29. The van der Waals surface area contributed by atoms with Gasteiger partial charge in [0.15, 0.2) is 0 Å². The third-order valence-corrected chi connectivity index (χ3v) is 4.14. The number of anilines is 1. The molecule has 140 valence electrons. The Morgan fingerprint density at radius 2 is 2.32 bits per heavy atom. The van der Waals surface area contributed by atoms with Gasteiger partial charge in [0.25, 0.3) is 5.91 Å². The average Bonchev–Trinajstić information content (AvgIpc) is 2.53. The van der Waals surface area contributed by atoms with E-state index in [1.54, 1.807) is 0 Å². The number of ether oxygens (including phenoxy) is 1. The Kier molecular flexibility index (Phi) is 6.53. The van der Waals surface area contributed by atoms with Crippen molar-refractivity contribution >= 4 is 23.2 Å². The highest BCUT2D eigenvalue weighted by Gasteiger charge is 2.29. The quantitative estimate of drug-likeness (QED) is 0.661. The van der Waals surface area contributed by atoms with E-state index in [1.807, 2.05) is 0 Å². The molecule has 9 heteroatoms. The second kappa shape index (κ2) is 8.25. The molecule has 2 heterocycles. The predicted molar refractivity (Wildman–Crippen MR) is 90.5 cm³/mol. The number of carbonyl (C=O) groups is 1. The number of hydrogen-bond acceptors (Lipinski definition) is 5. The van der Waals surface area contributed by atoms with Crippen LogP contribution in [-0.4, -0.2) is 59.7 Å². The van der Waals surface area contributed by atoms with Crippen molar-refractivity contribution in [1.82, 2.24) is 10.3 Å². The molecule has 3 atom stereocenters. The molecule has 1 aromatic heterocycles. The van der Waals surface area contributed by atoms with E-state index in [0.717, 1.165) is 0 Å². The maximum absolute atomic E-state index is 14.0. The van der Waals surface area contributed by atoms with Gasteiger partial charge in [-0.2, -0.15) is 0 Å². The van der Waals surface area contributed by atoms with Gasteiger partial charge in [-0.25, -0.2) is 13.8 Å². The van der Waals surface area contributed by atoms with Crippen LogP contribution in [0.1, 0.15) is 30.6 Å². The monoisotopic (exact) mass is 377 g/mol. The SMILES string of the molecule is CC(C)(O)[C@H](F)CNC(=O)c1cnc(Cl)cc1NC1COCCC1F. The van der Waals surface area contributed by atoms with Crippen molar-refractivity contribution in [3.8, 4) is 0 Å². The van der Waals surface area contributed by atoms with Crippen molar-refractivity contribution < 1.29 is 23.4 Å². The molecule has 2 unspecified atom stereocenters. The molecule has 0 radical (unpaired) electrons. The lowest BCUT2D eigenvalue weighted by Gasteiger charge is -2.28. The van der Waals surface area contributed by atoms with Gasteiger partial charge in [0.05, 0.1) is 36.0 Å². The fraction of sp³-hybridized carbons (Fsp3) is 0.625. The number of nitrogens with one attached hydrogen (secondary N) is 2. The van der Waals surface area contributed by atoms with E-state index in [1.165, 1.54) is 26.1 Å². The maximum atomic E-state index is 14.0. The van der Waals surface area contributed by atoms with Crippen LogP contribution < -0.4 is 10.6 Å². The largest absolute Gasteiger partial charge is 0.387 e. The second-order valence-electron chi connectivity index (χ2n) is 6.51. The number of aliphatic hydroxyl groups is 1. The highest BCUT2D eigenvalue weighted by Crippen LogP contribution is 2.23. The fourth-order valence-corrected chi connectivity index (χ4v) is 2.46. The first kappa shape index (κ1) is 19.8. The van der Waals surface area contributed by atoms with Gasteiger partial charge < -0.3 is 20.5 Å². The van der Waals surface area contributed by atoms with Crippen LogP contribution in [0.2, 0.25) is 5.15 Å². The van der Waals surface area contributed by atoms with Crippen LogP contribution in [0.25, 0.3) is 0 Å². The zero-order chi connectivity index (χ0) is 18.6. The molecule has 3 N–H and O–H groups in total. The molecule has 1 aromatic rings. The number of pyridine rings is 1. The third-order valence-electron chi connectivity index (χ3n) is 3.94. The fourth-order valence-electron chi connectivity index (χ4n) is 2.30. The smallest absolute Gasteiger partial charge is 0.255 e. The van der Waals surface area contributed by atoms with Gasteiger partial charge in [-0.1, -0.05) is 11.6 Å². The minimum Gasteiger partial charge on any atom is -0.387 e. The number of rotatable bonds is 6. The van der Waals surface area contributed by atoms with Crippen LogP contribution in [0.15, 0.2) is 12.3 Å². The molecule has 6 nitrogen and oxygen atoms in total.